The van der Waals surface area contributed by atoms with Crippen molar-refractivity contribution in [1.82, 2.24) is 10.3 Å². The number of halogens is 4. The van der Waals surface area contributed by atoms with Crippen LogP contribution in [-0.2, 0) is 17.4 Å². The summed E-state index contributed by atoms with van der Waals surface area (Å²) in [4.78, 5) is 15.1. The van der Waals surface area contributed by atoms with Crippen LogP contribution in [0, 0.1) is 5.92 Å². The summed E-state index contributed by atoms with van der Waals surface area (Å²) < 4.78 is 37.0. The van der Waals surface area contributed by atoms with Crippen molar-refractivity contribution in [1.29, 1.82) is 0 Å². The average molecular weight is 346 g/mol. The number of nitrogens with one attached hydrogen (secondary N) is 1. The second-order valence-corrected chi connectivity index (χ2v) is 5.84. The first-order valence-corrected chi connectivity index (χ1v) is 7.13. The fourth-order valence-corrected chi connectivity index (χ4v) is 2.40. The highest BCUT2D eigenvalue weighted by Crippen LogP contribution is 2.29. The van der Waals surface area contributed by atoms with Crippen LogP contribution in [0.5, 0.6) is 0 Å². The number of hydrogen-bond donors (Lipinski definition) is 2. The minimum Gasteiger partial charge on any atom is -0.354 e. The van der Waals surface area contributed by atoms with E-state index in [1.165, 1.54) is 0 Å². The van der Waals surface area contributed by atoms with Gasteiger partial charge in [0.25, 0.3) is 0 Å². The minimum atomic E-state index is -4.42. The van der Waals surface area contributed by atoms with Gasteiger partial charge in [-0.15, -0.1) is 23.7 Å². The summed E-state index contributed by atoms with van der Waals surface area (Å²) in [5.41, 5.74) is 4.80. The molecule has 1 amide bonds. The second kappa shape index (κ2) is 8.55. The smallest absolute Gasteiger partial charge is 0.354 e. The van der Waals surface area contributed by atoms with Crippen LogP contribution in [0.1, 0.15) is 31.0 Å². The first kappa shape index (κ1) is 20.1. The molecule has 0 saturated carbocycles. The van der Waals surface area contributed by atoms with Gasteiger partial charge < -0.3 is 11.1 Å². The van der Waals surface area contributed by atoms with Crippen LogP contribution in [0.15, 0.2) is 5.38 Å². The number of hydrogen-bond acceptors (Lipinski definition) is 4. The van der Waals surface area contributed by atoms with E-state index < -0.39 is 17.9 Å². The van der Waals surface area contributed by atoms with Gasteiger partial charge in [0.1, 0.15) is 0 Å². The third-order valence-electron chi connectivity index (χ3n) is 2.54. The molecule has 0 unspecified atom stereocenters. The number of aromatic nitrogens is 1. The predicted octanol–water partition coefficient (Wildman–Crippen LogP) is 2.62. The molecule has 0 aliphatic heterocycles. The van der Waals surface area contributed by atoms with Gasteiger partial charge in [-0.05, 0) is 12.3 Å². The lowest BCUT2D eigenvalue weighted by Crippen LogP contribution is -2.42. The molecule has 0 radical (unpaired) electrons. The van der Waals surface area contributed by atoms with Crippen molar-refractivity contribution in [3.63, 3.8) is 0 Å². The molecule has 1 rings (SSSR count). The SMILES string of the molecule is CC(C)C[C@H](N)C(=O)NCCc1nc(C(F)(F)F)cs1.Cl. The molecule has 0 bridgehead atoms. The van der Waals surface area contributed by atoms with E-state index in [1.54, 1.807) is 0 Å². The first-order valence-electron chi connectivity index (χ1n) is 6.25. The molecule has 0 aliphatic rings. The summed E-state index contributed by atoms with van der Waals surface area (Å²) in [5, 5.41) is 3.92. The van der Waals surface area contributed by atoms with E-state index in [9.17, 15) is 18.0 Å². The maximum absolute atomic E-state index is 12.3. The highest BCUT2D eigenvalue weighted by atomic mass is 35.5. The molecule has 0 saturated heterocycles. The summed E-state index contributed by atoms with van der Waals surface area (Å²) in [6.07, 6.45) is -3.58. The largest absolute Gasteiger partial charge is 0.434 e. The third-order valence-corrected chi connectivity index (χ3v) is 3.45. The van der Waals surface area contributed by atoms with Gasteiger partial charge in [-0.2, -0.15) is 13.2 Å². The second-order valence-electron chi connectivity index (χ2n) is 4.90. The van der Waals surface area contributed by atoms with Gasteiger partial charge in [0, 0.05) is 18.3 Å². The summed E-state index contributed by atoms with van der Waals surface area (Å²) in [7, 11) is 0. The van der Waals surface area contributed by atoms with Gasteiger partial charge >= 0.3 is 6.18 Å². The summed E-state index contributed by atoms with van der Waals surface area (Å²) >= 11 is 0.933. The van der Waals surface area contributed by atoms with E-state index in [0.717, 1.165) is 16.7 Å². The van der Waals surface area contributed by atoms with E-state index in [2.05, 4.69) is 10.3 Å². The first-order chi connectivity index (χ1) is 9.20. The number of amides is 1. The molecule has 0 spiro atoms. The van der Waals surface area contributed by atoms with Gasteiger partial charge in [0.2, 0.25) is 5.91 Å². The molecule has 3 N–H and O–H groups in total. The Balaban J connectivity index is 0.00000400. The Morgan fingerprint density at radius 1 is 1.48 bits per heavy atom. The van der Waals surface area contributed by atoms with Crippen LogP contribution in [-0.4, -0.2) is 23.5 Å². The number of carbonyl (C=O) groups is 1. The van der Waals surface area contributed by atoms with Crippen LogP contribution in [0.2, 0.25) is 0 Å². The average Bonchev–Trinajstić information content (AvgIpc) is 2.76. The van der Waals surface area contributed by atoms with E-state index in [0.29, 0.717) is 17.3 Å². The number of alkyl halides is 3. The van der Waals surface area contributed by atoms with Gasteiger partial charge in [-0.3, -0.25) is 4.79 Å². The molecule has 1 aromatic rings. The van der Waals surface area contributed by atoms with Crippen molar-refractivity contribution in [2.75, 3.05) is 6.54 Å². The topological polar surface area (TPSA) is 68.0 Å². The molecule has 0 aliphatic carbocycles. The molecule has 4 nitrogen and oxygen atoms in total. The monoisotopic (exact) mass is 345 g/mol. The molecule has 1 atom stereocenters. The van der Waals surface area contributed by atoms with Crippen LogP contribution in [0.25, 0.3) is 0 Å². The van der Waals surface area contributed by atoms with Crippen molar-refractivity contribution in [3.8, 4) is 0 Å². The Labute approximate surface area is 131 Å². The summed E-state index contributed by atoms with van der Waals surface area (Å²) in [6.45, 7) is 4.15. The van der Waals surface area contributed by atoms with Crippen molar-refractivity contribution >= 4 is 29.7 Å². The van der Waals surface area contributed by atoms with Gasteiger partial charge in [-0.25, -0.2) is 4.98 Å². The quantitative estimate of drug-likeness (QED) is 0.832. The molecule has 122 valence electrons. The van der Waals surface area contributed by atoms with E-state index >= 15 is 0 Å². The highest BCUT2D eigenvalue weighted by molar-refractivity contribution is 7.09. The predicted molar refractivity (Wildman–Crippen MR) is 78.5 cm³/mol. The number of nitrogens with zero attached hydrogens (tertiary/aromatic N) is 1. The van der Waals surface area contributed by atoms with Crippen LogP contribution in [0.3, 0.4) is 0 Å². The standard InChI is InChI=1S/C12H18F3N3OS.ClH/c1-7(2)5-8(16)11(19)17-4-3-10-18-9(6-20-10)12(13,14)15;/h6-8H,3-5,16H2,1-2H3,(H,17,19);1H/t8-;/m0./s1. The Morgan fingerprint density at radius 2 is 2.10 bits per heavy atom. The molecule has 21 heavy (non-hydrogen) atoms. The highest BCUT2D eigenvalue weighted by Gasteiger charge is 2.33. The minimum absolute atomic E-state index is 0. The van der Waals surface area contributed by atoms with Gasteiger partial charge in [0.05, 0.1) is 11.0 Å². The zero-order valence-electron chi connectivity index (χ0n) is 11.7. The lowest BCUT2D eigenvalue weighted by Gasteiger charge is -2.13. The maximum atomic E-state index is 12.3. The van der Waals surface area contributed by atoms with Crippen LogP contribution < -0.4 is 11.1 Å². The molecule has 0 aromatic carbocycles. The van der Waals surface area contributed by atoms with E-state index in [1.807, 2.05) is 13.8 Å². The summed E-state index contributed by atoms with van der Waals surface area (Å²) in [5.74, 6) is 0.0235. The van der Waals surface area contributed by atoms with Crippen molar-refractivity contribution in [3.05, 3.63) is 16.1 Å². The normalized spacial score (nSPS) is 12.9. The van der Waals surface area contributed by atoms with E-state index in [-0.39, 0.29) is 31.3 Å². The molecule has 1 heterocycles. The Hall–Kier alpha value is -0.860. The Kier molecular flexibility index (Phi) is 8.20. The Morgan fingerprint density at radius 3 is 2.57 bits per heavy atom. The fraction of sp³-hybridized carbons (Fsp3) is 0.667. The van der Waals surface area contributed by atoms with Crippen molar-refractivity contribution < 1.29 is 18.0 Å². The summed E-state index contributed by atoms with van der Waals surface area (Å²) in [6, 6.07) is -0.586. The number of rotatable bonds is 6. The maximum Gasteiger partial charge on any atom is 0.434 e. The zero-order chi connectivity index (χ0) is 15.3. The number of nitrogens with two attached hydrogens (primary N) is 1. The molecular weight excluding hydrogens is 327 g/mol. The zero-order valence-corrected chi connectivity index (χ0v) is 13.4. The molecular formula is C12H19ClF3N3OS. The molecule has 9 heteroatoms. The van der Waals surface area contributed by atoms with Crippen molar-refractivity contribution in [2.24, 2.45) is 11.7 Å². The number of carbonyl (C=O) groups excluding carboxylic acids is 1. The fourth-order valence-electron chi connectivity index (χ4n) is 1.59. The van der Waals surface area contributed by atoms with E-state index in [4.69, 9.17) is 5.73 Å². The number of thiazole rings is 1. The molecule has 1 aromatic heterocycles. The van der Waals surface area contributed by atoms with Crippen LogP contribution >= 0.6 is 23.7 Å². The van der Waals surface area contributed by atoms with Crippen molar-refractivity contribution in [2.45, 2.75) is 38.9 Å². The Bertz CT molecular complexity index is 451. The van der Waals surface area contributed by atoms with Gasteiger partial charge in [0.15, 0.2) is 5.69 Å². The third kappa shape index (κ3) is 7.10. The lowest BCUT2D eigenvalue weighted by molar-refractivity contribution is -0.140. The van der Waals surface area contributed by atoms with Crippen LogP contribution in [0.4, 0.5) is 13.2 Å². The van der Waals surface area contributed by atoms with Gasteiger partial charge in [-0.1, -0.05) is 13.8 Å². The molecule has 0 fully saturated rings. The lowest BCUT2D eigenvalue weighted by atomic mass is 10.0.